The van der Waals surface area contributed by atoms with Crippen LogP contribution in [-0.2, 0) is 6.42 Å². The number of rotatable bonds is 7. The first-order chi connectivity index (χ1) is 13.9. The second-order valence-corrected chi connectivity index (χ2v) is 8.50. The van der Waals surface area contributed by atoms with Gasteiger partial charge in [-0.1, -0.05) is 37.1 Å². The van der Waals surface area contributed by atoms with E-state index in [9.17, 15) is 5.11 Å². The molecular formula is C24H36N4O. The quantitative estimate of drug-likeness (QED) is 0.775. The molecule has 3 rings (SSSR count). The largest absolute Gasteiger partial charge is 0.392 e. The highest BCUT2D eigenvalue weighted by Gasteiger charge is 2.23. The maximum atomic E-state index is 10.1. The zero-order valence-electron chi connectivity index (χ0n) is 18.7. The lowest BCUT2D eigenvalue weighted by Crippen LogP contribution is -2.49. The molecular weight excluding hydrogens is 360 g/mol. The summed E-state index contributed by atoms with van der Waals surface area (Å²) < 4.78 is 0. The normalized spacial score (nSPS) is 16.3. The molecule has 0 saturated carbocycles. The molecule has 2 heterocycles. The van der Waals surface area contributed by atoms with Crippen molar-refractivity contribution in [3.63, 3.8) is 0 Å². The Morgan fingerprint density at radius 2 is 1.76 bits per heavy atom. The number of benzene rings is 1. The number of aliphatic hydroxyl groups excluding tert-OH is 1. The fraction of sp³-hybridized carbons (Fsp3) is 0.583. The van der Waals surface area contributed by atoms with Gasteiger partial charge in [0.2, 0.25) is 0 Å². The molecule has 0 aliphatic carbocycles. The standard InChI is InChI=1S/C24H36N4O/c1-6-7-22(29)16-27-10-12-28(13-11-27)24-23(19(4)25-20(5)26-24)15-21-14-17(2)8-9-18(21)3/h8-9,14,22,29H,6-7,10-13,15-16H2,1-5H3. The number of aromatic nitrogens is 2. The molecule has 0 radical (unpaired) electrons. The Kier molecular flexibility index (Phi) is 7.25. The van der Waals surface area contributed by atoms with Gasteiger partial charge in [0, 0.05) is 50.4 Å². The molecule has 1 saturated heterocycles. The molecule has 1 fully saturated rings. The summed E-state index contributed by atoms with van der Waals surface area (Å²) >= 11 is 0. The van der Waals surface area contributed by atoms with Gasteiger partial charge in [-0.25, -0.2) is 9.97 Å². The summed E-state index contributed by atoms with van der Waals surface area (Å²) in [6, 6.07) is 6.66. The van der Waals surface area contributed by atoms with Gasteiger partial charge >= 0.3 is 0 Å². The highest BCUT2D eigenvalue weighted by atomic mass is 16.3. The molecule has 0 amide bonds. The minimum Gasteiger partial charge on any atom is -0.392 e. The Morgan fingerprint density at radius 3 is 2.45 bits per heavy atom. The Labute approximate surface area is 175 Å². The summed E-state index contributed by atoms with van der Waals surface area (Å²) in [7, 11) is 0. The minimum atomic E-state index is -0.213. The van der Waals surface area contributed by atoms with Gasteiger partial charge in [-0.15, -0.1) is 0 Å². The van der Waals surface area contributed by atoms with Crippen LogP contribution in [0.2, 0.25) is 0 Å². The van der Waals surface area contributed by atoms with E-state index in [2.05, 4.69) is 60.7 Å². The van der Waals surface area contributed by atoms with Gasteiger partial charge in [-0.2, -0.15) is 0 Å². The van der Waals surface area contributed by atoms with Gasteiger partial charge < -0.3 is 10.0 Å². The molecule has 5 nitrogen and oxygen atoms in total. The predicted octanol–water partition coefficient (Wildman–Crippen LogP) is 3.58. The molecule has 1 unspecified atom stereocenters. The fourth-order valence-corrected chi connectivity index (χ4v) is 4.23. The van der Waals surface area contributed by atoms with E-state index in [0.717, 1.165) is 69.3 Å². The number of hydrogen-bond donors (Lipinski definition) is 1. The Balaban J connectivity index is 1.78. The van der Waals surface area contributed by atoms with Crippen LogP contribution in [0, 0.1) is 27.7 Å². The van der Waals surface area contributed by atoms with Gasteiger partial charge in [0.1, 0.15) is 11.6 Å². The maximum Gasteiger partial charge on any atom is 0.136 e. The lowest BCUT2D eigenvalue weighted by atomic mass is 9.97. The van der Waals surface area contributed by atoms with E-state index < -0.39 is 0 Å². The zero-order valence-corrected chi connectivity index (χ0v) is 18.7. The van der Waals surface area contributed by atoms with E-state index in [-0.39, 0.29) is 6.10 Å². The smallest absolute Gasteiger partial charge is 0.136 e. The SMILES string of the molecule is CCCC(O)CN1CCN(c2nc(C)nc(C)c2Cc2cc(C)ccc2C)CC1. The first-order valence-corrected chi connectivity index (χ1v) is 10.9. The van der Waals surface area contributed by atoms with Gasteiger partial charge in [0.05, 0.1) is 6.10 Å². The molecule has 29 heavy (non-hydrogen) atoms. The predicted molar refractivity (Wildman–Crippen MR) is 120 cm³/mol. The number of hydrogen-bond acceptors (Lipinski definition) is 5. The minimum absolute atomic E-state index is 0.213. The van der Waals surface area contributed by atoms with Crippen LogP contribution < -0.4 is 4.90 Å². The Hall–Kier alpha value is -1.98. The Morgan fingerprint density at radius 1 is 1.03 bits per heavy atom. The van der Waals surface area contributed by atoms with Crippen LogP contribution in [0.15, 0.2) is 18.2 Å². The molecule has 158 valence electrons. The summed E-state index contributed by atoms with van der Waals surface area (Å²) in [6.07, 6.45) is 2.56. The van der Waals surface area contributed by atoms with Crippen LogP contribution >= 0.6 is 0 Å². The molecule has 2 aromatic rings. The van der Waals surface area contributed by atoms with Crippen molar-refractivity contribution in [1.29, 1.82) is 0 Å². The van der Waals surface area contributed by atoms with Gasteiger partial charge in [-0.05, 0) is 45.2 Å². The van der Waals surface area contributed by atoms with E-state index in [1.54, 1.807) is 0 Å². The summed E-state index contributed by atoms with van der Waals surface area (Å²) in [5.74, 6) is 1.92. The van der Waals surface area contributed by atoms with Gasteiger partial charge in [-0.3, -0.25) is 4.90 Å². The van der Waals surface area contributed by atoms with E-state index in [1.165, 1.54) is 22.3 Å². The number of anilines is 1. The van der Waals surface area contributed by atoms with E-state index in [1.807, 2.05) is 6.92 Å². The van der Waals surface area contributed by atoms with Gasteiger partial charge in [0.15, 0.2) is 0 Å². The van der Waals surface area contributed by atoms with Crippen molar-refractivity contribution in [2.75, 3.05) is 37.6 Å². The van der Waals surface area contributed by atoms with Crippen molar-refractivity contribution >= 4 is 5.82 Å². The average Bonchev–Trinajstić information content (AvgIpc) is 2.67. The molecule has 1 N–H and O–H groups in total. The maximum absolute atomic E-state index is 10.1. The molecule has 5 heteroatoms. The van der Waals surface area contributed by atoms with E-state index in [0.29, 0.717) is 0 Å². The van der Waals surface area contributed by atoms with Crippen molar-refractivity contribution in [1.82, 2.24) is 14.9 Å². The van der Waals surface area contributed by atoms with Crippen LogP contribution in [-0.4, -0.2) is 58.8 Å². The summed E-state index contributed by atoms with van der Waals surface area (Å²) in [5, 5.41) is 10.1. The molecule has 0 spiro atoms. The van der Waals surface area contributed by atoms with Crippen LogP contribution in [0.1, 0.15) is 53.5 Å². The highest BCUT2D eigenvalue weighted by Crippen LogP contribution is 2.26. The topological polar surface area (TPSA) is 52.5 Å². The number of aliphatic hydroxyl groups is 1. The summed E-state index contributed by atoms with van der Waals surface area (Å²) in [5.41, 5.74) is 6.27. The second kappa shape index (κ2) is 9.68. The first-order valence-electron chi connectivity index (χ1n) is 10.9. The molecule has 1 aromatic carbocycles. The third-order valence-electron chi connectivity index (χ3n) is 5.94. The molecule has 1 aliphatic heterocycles. The third kappa shape index (κ3) is 5.55. The number of β-amino-alcohol motifs (C(OH)–C–C–N with tert-alkyl or cyclic N) is 1. The molecule has 0 bridgehead atoms. The van der Waals surface area contributed by atoms with Crippen LogP contribution in [0.3, 0.4) is 0 Å². The zero-order chi connectivity index (χ0) is 21.0. The lowest BCUT2D eigenvalue weighted by Gasteiger charge is -2.37. The number of nitrogens with zero attached hydrogens (tertiary/aromatic N) is 4. The van der Waals surface area contributed by atoms with Crippen molar-refractivity contribution in [2.24, 2.45) is 0 Å². The van der Waals surface area contributed by atoms with Crippen molar-refractivity contribution < 1.29 is 5.11 Å². The fourth-order valence-electron chi connectivity index (χ4n) is 4.23. The summed E-state index contributed by atoms with van der Waals surface area (Å²) in [6.45, 7) is 15.1. The Bertz CT molecular complexity index is 828. The molecule has 1 aliphatic rings. The average molecular weight is 397 g/mol. The van der Waals surface area contributed by atoms with Crippen LogP contribution in [0.4, 0.5) is 5.82 Å². The second-order valence-electron chi connectivity index (χ2n) is 8.50. The first kappa shape index (κ1) is 21.7. The van der Waals surface area contributed by atoms with E-state index in [4.69, 9.17) is 4.98 Å². The van der Waals surface area contributed by atoms with Crippen LogP contribution in [0.25, 0.3) is 0 Å². The van der Waals surface area contributed by atoms with Crippen molar-refractivity contribution in [3.05, 3.63) is 52.0 Å². The lowest BCUT2D eigenvalue weighted by molar-refractivity contribution is 0.101. The highest BCUT2D eigenvalue weighted by molar-refractivity contribution is 5.52. The summed E-state index contributed by atoms with van der Waals surface area (Å²) in [4.78, 5) is 14.3. The van der Waals surface area contributed by atoms with Crippen LogP contribution in [0.5, 0.6) is 0 Å². The van der Waals surface area contributed by atoms with Crippen molar-refractivity contribution in [3.8, 4) is 0 Å². The third-order valence-corrected chi connectivity index (χ3v) is 5.94. The van der Waals surface area contributed by atoms with Crippen molar-refractivity contribution in [2.45, 2.75) is 60.0 Å². The van der Waals surface area contributed by atoms with E-state index >= 15 is 0 Å². The molecule has 1 aromatic heterocycles. The number of piperazine rings is 1. The number of aryl methyl sites for hydroxylation is 4. The van der Waals surface area contributed by atoms with Gasteiger partial charge in [0.25, 0.3) is 0 Å². The monoisotopic (exact) mass is 396 g/mol. The molecule has 1 atom stereocenters.